The van der Waals surface area contributed by atoms with Crippen LogP contribution in [0.25, 0.3) is 0 Å². The van der Waals surface area contributed by atoms with Gasteiger partial charge < -0.3 is 9.84 Å². The highest BCUT2D eigenvalue weighted by atomic mass is 16.5. The van der Waals surface area contributed by atoms with Crippen molar-refractivity contribution in [3.8, 4) is 0 Å². The van der Waals surface area contributed by atoms with Gasteiger partial charge in [-0.25, -0.2) is 0 Å². The summed E-state index contributed by atoms with van der Waals surface area (Å²) in [5.74, 6) is 0.691. The van der Waals surface area contributed by atoms with E-state index in [1.807, 2.05) is 52.0 Å². The Morgan fingerprint density at radius 2 is 2.00 bits per heavy atom. The zero-order valence-corrected chi connectivity index (χ0v) is 12.4. The molecule has 4 heteroatoms. The van der Waals surface area contributed by atoms with E-state index in [-0.39, 0.29) is 11.9 Å². The van der Waals surface area contributed by atoms with Crippen molar-refractivity contribution in [1.29, 1.82) is 0 Å². The summed E-state index contributed by atoms with van der Waals surface area (Å²) in [4.78, 5) is 12.1. The molecular formula is C16H20N2O2. The first kappa shape index (κ1) is 14.3. The summed E-state index contributed by atoms with van der Waals surface area (Å²) in [5.41, 5.74) is 3.97. The highest BCUT2D eigenvalue weighted by Crippen LogP contribution is 2.18. The van der Waals surface area contributed by atoms with Crippen molar-refractivity contribution >= 4 is 5.91 Å². The number of amides is 1. The van der Waals surface area contributed by atoms with Crippen LogP contribution in [0.3, 0.4) is 0 Å². The van der Waals surface area contributed by atoms with E-state index < -0.39 is 0 Å². The Morgan fingerprint density at radius 1 is 1.30 bits per heavy atom. The topological polar surface area (TPSA) is 55.1 Å². The van der Waals surface area contributed by atoms with Crippen molar-refractivity contribution in [3.05, 3.63) is 52.4 Å². The van der Waals surface area contributed by atoms with Gasteiger partial charge in [0.15, 0.2) is 0 Å². The lowest BCUT2D eigenvalue weighted by molar-refractivity contribution is -0.121. The largest absolute Gasteiger partial charge is 0.361 e. The predicted octanol–water partition coefficient (Wildman–Crippen LogP) is 3.02. The minimum absolute atomic E-state index is 0.0100. The van der Waals surface area contributed by atoms with Crippen molar-refractivity contribution in [2.45, 2.75) is 40.2 Å². The molecule has 0 radical (unpaired) electrons. The number of carbonyl (C=O) groups excluding carboxylic acids is 1. The monoisotopic (exact) mass is 272 g/mol. The third kappa shape index (κ3) is 3.07. The number of nitrogens with one attached hydrogen (secondary N) is 1. The smallest absolute Gasteiger partial charge is 0.225 e. The van der Waals surface area contributed by atoms with Crippen molar-refractivity contribution in [2.24, 2.45) is 0 Å². The molecule has 0 unspecified atom stereocenters. The van der Waals surface area contributed by atoms with E-state index in [1.54, 1.807) is 0 Å². The third-order valence-electron chi connectivity index (χ3n) is 3.55. The molecule has 0 spiro atoms. The van der Waals surface area contributed by atoms with Gasteiger partial charge in [-0.3, -0.25) is 4.79 Å². The molecule has 2 rings (SSSR count). The molecule has 20 heavy (non-hydrogen) atoms. The van der Waals surface area contributed by atoms with Gasteiger partial charge in [-0.05, 0) is 38.8 Å². The molecule has 1 atom stereocenters. The maximum Gasteiger partial charge on any atom is 0.225 e. The van der Waals surface area contributed by atoms with E-state index in [1.165, 1.54) is 5.56 Å². The number of rotatable bonds is 4. The minimum Gasteiger partial charge on any atom is -0.361 e. The van der Waals surface area contributed by atoms with E-state index in [2.05, 4.69) is 10.5 Å². The second kappa shape index (κ2) is 5.90. The van der Waals surface area contributed by atoms with Crippen LogP contribution in [-0.2, 0) is 11.2 Å². The molecule has 2 aromatic rings. The molecule has 0 bridgehead atoms. The molecule has 106 valence electrons. The molecule has 1 amide bonds. The standard InChI is InChI=1S/C16H20N2O2/c1-10-7-5-6-8-14(10)11(2)17-16(19)9-15-12(3)18-20-13(15)4/h5-8,11H,9H2,1-4H3,(H,17,19)/t11-/m1/s1. The van der Waals surface area contributed by atoms with Gasteiger partial charge in [-0.15, -0.1) is 0 Å². The second-order valence-electron chi connectivity index (χ2n) is 5.13. The van der Waals surface area contributed by atoms with Gasteiger partial charge in [0.25, 0.3) is 0 Å². The summed E-state index contributed by atoms with van der Waals surface area (Å²) in [5, 5.41) is 6.89. The Balaban J connectivity index is 2.04. The van der Waals surface area contributed by atoms with Crippen LogP contribution < -0.4 is 5.32 Å². The Morgan fingerprint density at radius 3 is 2.60 bits per heavy atom. The summed E-state index contributed by atoms with van der Waals surface area (Å²) < 4.78 is 5.07. The van der Waals surface area contributed by atoms with Crippen LogP contribution in [0.4, 0.5) is 0 Å². The van der Waals surface area contributed by atoms with Crippen LogP contribution >= 0.6 is 0 Å². The Bertz CT molecular complexity index is 597. The zero-order chi connectivity index (χ0) is 14.7. The SMILES string of the molecule is Cc1ccccc1[C@@H](C)NC(=O)Cc1c(C)noc1C. The number of benzene rings is 1. The van der Waals surface area contributed by atoms with Crippen molar-refractivity contribution in [2.75, 3.05) is 0 Å². The summed E-state index contributed by atoms with van der Waals surface area (Å²) in [6.45, 7) is 7.72. The fraction of sp³-hybridized carbons (Fsp3) is 0.375. The van der Waals surface area contributed by atoms with Crippen LogP contribution in [-0.4, -0.2) is 11.1 Å². The average Bonchev–Trinajstić information content (AvgIpc) is 2.71. The van der Waals surface area contributed by atoms with Gasteiger partial charge in [0, 0.05) is 5.56 Å². The van der Waals surface area contributed by atoms with Gasteiger partial charge in [0.1, 0.15) is 5.76 Å². The van der Waals surface area contributed by atoms with Crippen molar-refractivity contribution in [1.82, 2.24) is 10.5 Å². The number of hydrogen-bond acceptors (Lipinski definition) is 3. The predicted molar refractivity (Wildman–Crippen MR) is 77.4 cm³/mol. The highest BCUT2D eigenvalue weighted by molar-refractivity contribution is 5.79. The van der Waals surface area contributed by atoms with Crippen LogP contribution in [0, 0.1) is 20.8 Å². The van der Waals surface area contributed by atoms with Crippen molar-refractivity contribution in [3.63, 3.8) is 0 Å². The molecule has 0 saturated heterocycles. The first-order valence-electron chi connectivity index (χ1n) is 6.75. The van der Waals surface area contributed by atoms with E-state index in [0.29, 0.717) is 12.2 Å². The van der Waals surface area contributed by atoms with Crippen LogP contribution in [0.15, 0.2) is 28.8 Å². The van der Waals surface area contributed by atoms with E-state index in [9.17, 15) is 4.79 Å². The van der Waals surface area contributed by atoms with Gasteiger partial charge in [-0.1, -0.05) is 29.4 Å². The number of aryl methyl sites for hydroxylation is 3. The second-order valence-corrected chi connectivity index (χ2v) is 5.13. The van der Waals surface area contributed by atoms with Gasteiger partial charge in [-0.2, -0.15) is 0 Å². The maximum absolute atomic E-state index is 12.1. The molecule has 0 saturated carbocycles. The minimum atomic E-state index is -0.0184. The van der Waals surface area contributed by atoms with Gasteiger partial charge in [0.2, 0.25) is 5.91 Å². The molecule has 1 heterocycles. The van der Waals surface area contributed by atoms with Crippen LogP contribution in [0.1, 0.15) is 41.1 Å². The van der Waals surface area contributed by atoms with E-state index in [4.69, 9.17) is 4.52 Å². The number of nitrogens with zero attached hydrogens (tertiary/aromatic N) is 1. The fourth-order valence-corrected chi connectivity index (χ4v) is 2.36. The molecule has 1 N–H and O–H groups in total. The summed E-state index contributed by atoms with van der Waals surface area (Å²) in [6.07, 6.45) is 0.303. The molecule has 1 aromatic heterocycles. The number of carbonyl (C=O) groups is 1. The zero-order valence-electron chi connectivity index (χ0n) is 12.4. The Kier molecular flexibility index (Phi) is 4.23. The fourth-order valence-electron chi connectivity index (χ4n) is 2.36. The number of hydrogen-bond donors (Lipinski definition) is 1. The molecular weight excluding hydrogens is 252 g/mol. The summed E-state index contributed by atoms with van der Waals surface area (Å²) in [6, 6.07) is 8.06. The van der Waals surface area contributed by atoms with Crippen molar-refractivity contribution < 1.29 is 9.32 Å². The molecule has 4 nitrogen and oxygen atoms in total. The number of aromatic nitrogens is 1. The quantitative estimate of drug-likeness (QED) is 0.930. The third-order valence-corrected chi connectivity index (χ3v) is 3.55. The normalized spacial score (nSPS) is 12.2. The highest BCUT2D eigenvalue weighted by Gasteiger charge is 2.16. The van der Waals surface area contributed by atoms with Crippen LogP contribution in [0.5, 0.6) is 0 Å². The maximum atomic E-state index is 12.1. The Hall–Kier alpha value is -2.10. The van der Waals surface area contributed by atoms with E-state index in [0.717, 1.165) is 16.8 Å². The molecule has 1 aromatic carbocycles. The lowest BCUT2D eigenvalue weighted by Gasteiger charge is -2.16. The van der Waals surface area contributed by atoms with E-state index >= 15 is 0 Å². The first-order chi connectivity index (χ1) is 9.49. The lowest BCUT2D eigenvalue weighted by atomic mass is 10.0. The molecule has 0 aliphatic carbocycles. The first-order valence-corrected chi connectivity index (χ1v) is 6.75. The van der Waals surface area contributed by atoms with Crippen LogP contribution in [0.2, 0.25) is 0 Å². The summed E-state index contributed by atoms with van der Waals surface area (Å²) >= 11 is 0. The summed E-state index contributed by atoms with van der Waals surface area (Å²) in [7, 11) is 0. The Labute approximate surface area is 119 Å². The molecule has 0 aliphatic rings. The lowest BCUT2D eigenvalue weighted by Crippen LogP contribution is -2.28. The average molecular weight is 272 g/mol. The molecule has 0 aliphatic heterocycles. The molecule has 0 fully saturated rings. The van der Waals surface area contributed by atoms with Gasteiger partial charge >= 0.3 is 0 Å². The van der Waals surface area contributed by atoms with Gasteiger partial charge in [0.05, 0.1) is 18.2 Å².